The molecular weight excluding hydrogens is 286 g/mol. The summed E-state index contributed by atoms with van der Waals surface area (Å²) in [6.45, 7) is 4.17. The van der Waals surface area contributed by atoms with Crippen molar-refractivity contribution in [2.24, 2.45) is 0 Å². The van der Waals surface area contributed by atoms with Crippen molar-refractivity contribution in [2.75, 3.05) is 18.0 Å². The van der Waals surface area contributed by atoms with Crippen molar-refractivity contribution in [3.05, 3.63) is 41.2 Å². The molecule has 4 rings (SSSR count). The fourth-order valence-corrected chi connectivity index (χ4v) is 4.01. The van der Waals surface area contributed by atoms with Crippen molar-refractivity contribution in [3.8, 4) is 6.07 Å². The Kier molecular flexibility index (Phi) is 3.53. The van der Waals surface area contributed by atoms with E-state index >= 15 is 0 Å². The molecular formula is C18H21N5. The molecule has 2 aliphatic rings. The van der Waals surface area contributed by atoms with Crippen LogP contribution in [0.2, 0.25) is 0 Å². The summed E-state index contributed by atoms with van der Waals surface area (Å²) in [5.74, 6) is 1.17. The summed E-state index contributed by atoms with van der Waals surface area (Å²) in [6, 6.07) is 6.38. The average Bonchev–Trinajstić information content (AvgIpc) is 3.18. The lowest BCUT2D eigenvalue weighted by Gasteiger charge is -2.22. The van der Waals surface area contributed by atoms with E-state index in [2.05, 4.69) is 27.4 Å². The highest BCUT2D eigenvalue weighted by Gasteiger charge is 2.29. The zero-order valence-corrected chi connectivity index (χ0v) is 13.5. The Balaban J connectivity index is 1.56. The maximum Gasteiger partial charge on any atom is 0.140 e. The molecule has 0 spiro atoms. The summed E-state index contributed by atoms with van der Waals surface area (Å²) in [7, 11) is 0. The van der Waals surface area contributed by atoms with Crippen LogP contribution in [0.25, 0.3) is 0 Å². The third kappa shape index (κ3) is 2.48. The van der Waals surface area contributed by atoms with E-state index in [0.29, 0.717) is 11.7 Å². The van der Waals surface area contributed by atoms with Crippen molar-refractivity contribution >= 4 is 5.69 Å². The van der Waals surface area contributed by atoms with E-state index in [1.807, 2.05) is 12.3 Å². The van der Waals surface area contributed by atoms with E-state index in [-0.39, 0.29) is 0 Å². The molecule has 0 amide bonds. The summed E-state index contributed by atoms with van der Waals surface area (Å²) in [4.78, 5) is 11.4. The van der Waals surface area contributed by atoms with Crippen LogP contribution in [0, 0.1) is 18.3 Å². The minimum absolute atomic E-state index is 0.476. The number of rotatable bonds is 2. The molecule has 2 aromatic rings. The van der Waals surface area contributed by atoms with E-state index in [1.165, 1.54) is 36.5 Å². The molecule has 23 heavy (non-hydrogen) atoms. The Labute approximate surface area is 136 Å². The standard InChI is InChI=1S/C18H21N5/c1-13-21-17-4-2-3-5-18(17)23(13)16-8-9-22(12-16)15-7-6-14(10-19)20-11-15/h6-7,11,16H,2-5,8-9,12H2,1H3/t16-/m0/s1. The van der Waals surface area contributed by atoms with Gasteiger partial charge in [-0.2, -0.15) is 5.26 Å². The first-order valence-electron chi connectivity index (χ1n) is 8.44. The highest BCUT2D eigenvalue weighted by molar-refractivity contribution is 5.47. The summed E-state index contributed by atoms with van der Waals surface area (Å²) < 4.78 is 2.49. The van der Waals surface area contributed by atoms with Gasteiger partial charge in [-0.1, -0.05) is 0 Å². The van der Waals surface area contributed by atoms with Crippen LogP contribution in [0.15, 0.2) is 18.3 Å². The molecule has 0 aromatic carbocycles. The molecule has 1 aliphatic heterocycles. The third-order valence-corrected chi connectivity index (χ3v) is 5.10. The molecule has 0 N–H and O–H groups in total. The summed E-state index contributed by atoms with van der Waals surface area (Å²) in [5, 5.41) is 8.87. The lowest BCUT2D eigenvalue weighted by molar-refractivity contribution is 0.505. The number of pyridine rings is 1. The van der Waals surface area contributed by atoms with Gasteiger partial charge in [0, 0.05) is 18.8 Å². The number of aryl methyl sites for hydroxylation is 2. The number of imidazole rings is 1. The van der Waals surface area contributed by atoms with Crippen LogP contribution in [-0.4, -0.2) is 27.6 Å². The molecule has 2 aromatic heterocycles. The number of aromatic nitrogens is 3. The highest BCUT2D eigenvalue weighted by Crippen LogP contribution is 2.32. The van der Waals surface area contributed by atoms with E-state index in [9.17, 15) is 0 Å². The Hall–Kier alpha value is -2.35. The van der Waals surface area contributed by atoms with Crippen LogP contribution in [0.4, 0.5) is 5.69 Å². The average molecular weight is 307 g/mol. The number of nitrogens with zero attached hydrogens (tertiary/aromatic N) is 5. The normalized spacial score (nSPS) is 20.3. The summed E-state index contributed by atoms with van der Waals surface area (Å²) in [5.41, 5.74) is 4.38. The van der Waals surface area contributed by atoms with Gasteiger partial charge in [-0.3, -0.25) is 0 Å². The molecule has 3 heterocycles. The van der Waals surface area contributed by atoms with Gasteiger partial charge in [0.1, 0.15) is 17.6 Å². The molecule has 1 saturated heterocycles. The lowest BCUT2D eigenvalue weighted by atomic mass is 10.0. The fourth-order valence-electron chi connectivity index (χ4n) is 4.01. The van der Waals surface area contributed by atoms with Gasteiger partial charge in [-0.25, -0.2) is 9.97 Å². The molecule has 5 nitrogen and oxygen atoms in total. The fraction of sp³-hybridized carbons (Fsp3) is 0.500. The van der Waals surface area contributed by atoms with Crippen molar-refractivity contribution in [1.82, 2.24) is 14.5 Å². The molecule has 118 valence electrons. The van der Waals surface area contributed by atoms with Gasteiger partial charge in [0.25, 0.3) is 0 Å². The molecule has 1 atom stereocenters. The molecule has 0 bridgehead atoms. The van der Waals surface area contributed by atoms with E-state index in [4.69, 9.17) is 10.2 Å². The Morgan fingerprint density at radius 3 is 2.91 bits per heavy atom. The van der Waals surface area contributed by atoms with E-state index in [0.717, 1.165) is 31.6 Å². The van der Waals surface area contributed by atoms with Crippen LogP contribution in [0.5, 0.6) is 0 Å². The van der Waals surface area contributed by atoms with Gasteiger partial charge >= 0.3 is 0 Å². The molecule has 0 radical (unpaired) electrons. The second-order valence-corrected chi connectivity index (χ2v) is 6.53. The largest absolute Gasteiger partial charge is 0.368 e. The summed E-state index contributed by atoms with van der Waals surface area (Å²) in [6.07, 6.45) is 7.83. The SMILES string of the molecule is Cc1nc2c(n1[C@H]1CCN(c3ccc(C#N)nc3)C1)CCCC2. The van der Waals surface area contributed by atoms with Gasteiger partial charge < -0.3 is 9.47 Å². The molecule has 5 heteroatoms. The van der Waals surface area contributed by atoms with Crippen molar-refractivity contribution < 1.29 is 0 Å². The van der Waals surface area contributed by atoms with Crippen LogP contribution in [0.3, 0.4) is 0 Å². The predicted octanol–water partition coefficient (Wildman–Crippen LogP) is 2.79. The van der Waals surface area contributed by atoms with Gasteiger partial charge in [0.15, 0.2) is 0 Å². The van der Waals surface area contributed by atoms with E-state index < -0.39 is 0 Å². The zero-order chi connectivity index (χ0) is 15.8. The minimum Gasteiger partial charge on any atom is -0.368 e. The van der Waals surface area contributed by atoms with Crippen LogP contribution in [0.1, 0.15) is 48.2 Å². The van der Waals surface area contributed by atoms with Crippen LogP contribution < -0.4 is 4.90 Å². The van der Waals surface area contributed by atoms with Crippen molar-refractivity contribution in [1.29, 1.82) is 5.26 Å². The van der Waals surface area contributed by atoms with Gasteiger partial charge in [0.2, 0.25) is 0 Å². The van der Waals surface area contributed by atoms with Gasteiger partial charge in [-0.15, -0.1) is 0 Å². The number of hydrogen-bond donors (Lipinski definition) is 0. The second kappa shape index (κ2) is 5.69. The van der Waals surface area contributed by atoms with E-state index in [1.54, 1.807) is 6.07 Å². The van der Waals surface area contributed by atoms with Crippen molar-refractivity contribution in [2.45, 2.75) is 45.1 Å². The molecule has 1 fully saturated rings. The first-order chi connectivity index (χ1) is 11.3. The quantitative estimate of drug-likeness (QED) is 0.856. The Morgan fingerprint density at radius 2 is 2.13 bits per heavy atom. The molecule has 1 aliphatic carbocycles. The van der Waals surface area contributed by atoms with Gasteiger partial charge in [-0.05, 0) is 51.2 Å². The lowest BCUT2D eigenvalue weighted by Crippen LogP contribution is -2.22. The maximum atomic E-state index is 8.87. The molecule has 0 saturated carbocycles. The monoisotopic (exact) mass is 307 g/mol. The van der Waals surface area contributed by atoms with Crippen LogP contribution >= 0.6 is 0 Å². The second-order valence-electron chi connectivity index (χ2n) is 6.53. The zero-order valence-electron chi connectivity index (χ0n) is 13.5. The van der Waals surface area contributed by atoms with Crippen LogP contribution in [-0.2, 0) is 12.8 Å². The first kappa shape index (κ1) is 14.3. The van der Waals surface area contributed by atoms with Crippen molar-refractivity contribution in [3.63, 3.8) is 0 Å². The topological polar surface area (TPSA) is 57.7 Å². The maximum absolute atomic E-state index is 8.87. The molecule has 0 unspecified atom stereocenters. The first-order valence-corrected chi connectivity index (χ1v) is 8.44. The Bertz CT molecular complexity index is 753. The third-order valence-electron chi connectivity index (χ3n) is 5.10. The number of nitriles is 1. The number of anilines is 1. The number of fused-ring (bicyclic) bond motifs is 1. The Morgan fingerprint density at radius 1 is 1.26 bits per heavy atom. The number of hydrogen-bond acceptors (Lipinski definition) is 4. The predicted molar refractivity (Wildman–Crippen MR) is 88.4 cm³/mol. The highest BCUT2D eigenvalue weighted by atomic mass is 15.2. The smallest absolute Gasteiger partial charge is 0.140 e. The van der Waals surface area contributed by atoms with Gasteiger partial charge in [0.05, 0.1) is 23.6 Å². The minimum atomic E-state index is 0.476. The summed E-state index contributed by atoms with van der Waals surface area (Å²) >= 11 is 0.